The number of aliphatic hydroxyl groups is 1. The van der Waals surface area contributed by atoms with Gasteiger partial charge >= 0.3 is 0 Å². The smallest absolute Gasteiger partial charge is 0.272 e. The van der Waals surface area contributed by atoms with Gasteiger partial charge in [0.1, 0.15) is 5.75 Å². The highest BCUT2D eigenvalue weighted by atomic mass is 16.5. The van der Waals surface area contributed by atoms with Crippen LogP contribution in [-0.2, 0) is 0 Å². The standard InChI is InChI=1S/C19H25N3O3/c1-19(2,24)13-5-7-14(8-6-13)20-18(23)17-10-12-4-9-15(25-3)11-16(12)21-22-17/h4,9-11,13-14,24H,5-8H2,1-3H3,(H,20,23). The summed E-state index contributed by atoms with van der Waals surface area (Å²) in [6.45, 7) is 3.71. The number of hydrogen-bond acceptors (Lipinski definition) is 5. The number of hydrogen-bond donors (Lipinski definition) is 2. The molecular weight excluding hydrogens is 318 g/mol. The summed E-state index contributed by atoms with van der Waals surface area (Å²) in [7, 11) is 1.60. The summed E-state index contributed by atoms with van der Waals surface area (Å²) in [5, 5.41) is 22.2. The second-order valence-corrected chi connectivity index (χ2v) is 7.33. The van der Waals surface area contributed by atoms with E-state index in [1.165, 1.54) is 0 Å². The molecule has 0 aliphatic heterocycles. The van der Waals surface area contributed by atoms with E-state index in [9.17, 15) is 9.90 Å². The van der Waals surface area contributed by atoms with E-state index in [2.05, 4.69) is 15.5 Å². The molecule has 1 aromatic carbocycles. The van der Waals surface area contributed by atoms with Crippen LogP contribution in [0.3, 0.4) is 0 Å². The third kappa shape index (κ3) is 4.07. The molecule has 0 unspecified atom stereocenters. The van der Waals surface area contributed by atoms with Gasteiger partial charge in [-0.1, -0.05) is 0 Å². The minimum atomic E-state index is -0.653. The van der Waals surface area contributed by atoms with Crippen LogP contribution < -0.4 is 10.1 Å². The van der Waals surface area contributed by atoms with Crippen LogP contribution in [0.1, 0.15) is 50.0 Å². The van der Waals surface area contributed by atoms with Crippen LogP contribution in [0.25, 0.3) is 10.9 Å². The van der Waals surface area contributed by atoms with Crippen LogP contribution in [0, 0.1) is 5.92 Å². The van der Waals surface area contributed by atoms with Gasteiger partial charge < -0.3 is 15.2 Å². The van der Waals surface area contributed by atoms with Crippen molar-refractivity contribution >= 4 is 16.8 Å². The largest absolute Gasteiger partial charge is 0.497 e. The third-order valence-electron chi connectivity index (χ3n) is 5.09. The highest BCUT2D eigenvalue weighted by molar-refractivity contribution is 5.95. The number of carbonyl (C=O) groups excluding carboxylic acids is 1. The number of amides is 1. The van der Waals surface area contributed by atoms with Crippen LogP contribution in [0.2, 0.25) is 0 Å². The van der Waals surface area contributed by atoms with Crippen molar-refractivity contribution in [2.45, 2.75) is 51.2 Å². The van der Waals surface area contributed by atoms with Crippen molar-refractivity contribution in [1.82, 2.24) is 15.5 Å². The number of ether oxygens (including phenoxy) is 1. The van der Waals surface area contributed by atoms with Crippen molar-refractivity contribution in [3.8, 4) is 5.75 Å². The number of carbonyl (C=O) groups is 1. The van der Waals surface area contributed by atoms with Gasteiger partial charge in [0, 0.05) is 17.5 Å². The summed E-state index contributed by atoms with van der Waals surface area (Å²) in [4.78, 5) is 12.5. The number of rotatable bonds is 4. The second kappa shape index (κ2) is 6.96. The maximum absolute atomic E-state index is 12.5. The monoisotopic (exact) mass is 343 g/mol. The lowest BCUT2D eigenvalue weighted by atomic mass is 9.77. The predicted molar refractivity (Wildman–Crippen MR) is 95.6 cm³/mol. The summed E-state index contributed by atoms with van der Waals surface area (Å²) in [5.41, 5.74) is 0.365. The highest BCUT2D eigenvalue weighted by Crippen LogP contribution is 2.32. The van der Waals surface area contributed by atoms with Crippen molar-refractivity contribution in [3.63, 3.8) is 0 Å². The molecule has 0 spiro atoms. The van der Waals surface area contributed by atoms with Crippen LogP contribution in [0.15, 0.2) is 24.3 Å². The van der Waals surface area contributed by atoms with E-state index in [0.29, 0.717) is 17.0 Å². The van der Waals surface area contributed by atoms with Gasteiger partial charge in [0.2, 0.25) is 0 Å². The maximum atomic E-state index is 12.5. The molecule has 134 valence electrons. The highest BCUT2D eigenvalue weighted by Gasteiger charge is 2.31. The number of benzene rings is 1. The quantitative estimate of drug-likeness (QED) is 0.892. The summed E-state index contributed by atoms with van der Waals surface area (Å²) < 4.78 is 5.17. The van der Waals surface area contributed by atoms with E-state index in [1.54, 1.807) is 19.2 Å². The molecule has 1 amide bonds. The Hall–Kier alpha value is -2.21. The Kier molecular flexibility index (Phi) is 4.90. The van der Waals surface area contributed by atoms with Gasteiger partial charge in [-0.05, 0) is 63.6 Å². The first-order valence-electron chi connectivity index (χ1n) is 8.71. The Morgan fingerprint density at radius 2 is 1.92 bits per heavy atom. The molecule has 1 saturated carbocycles. The van der Waals surface area contributed by atoms with E-state index in [0.717, 1.165) is 31.1 Å². The minimum Gasteiger partial charge on any atom is -0.497 e. The van der Waals surface area contributed by atoms with Crippen LogP contribution >= 0.6 is 0 Å². The zero-order valence-electron chi connectivity index (χ0n) is 15.0. The molecule has 1 aliphatic rings. The lowest BCUT2D eigenvalue weighted by Gasteiger charge is -2.35. The average molecular weight is 343 g/mol. The molecule has 2 aromatic rings. The Bertz CT molecular complexity index is 762. The Morgan fingerprint density at radius 1 is 1.20 bits per heavy atom. The maximum Gasteiger partial charge on any atom is 0.272 e. The lowest BCUT2D eigenvalue weighted by molar-refractivity contribution is -0.00258. The molecule has 0 saturated heterocycles. The number of nitrogens with zero attached hydrogens (tertiary/aromatic N) is 2. The minimum absolute atomic E-state index is 0.125. The molecule has 1 aliphatic carbocycles. The molecule has 2 N–H and O–H groups in total. The molecule has 25 heavy (non-hydrogen) atoms. The normalized spacial score (nSPS) is 21.1. The molecule has 1 heterocycles. The average Bonchev–Trinajstić information content (AvgIpc) is 2.60. The molecule has 0 bridgehead atoms. The fraction of sp³-hybridized carbons (Fsp3) is 0.526. The van der Waals surface area contributed by atoms with Gasteiger partial charge in [0.05, 0.1) is 18.2 Å². The number of methoxy groups -OCH3 is 1. The summed E-state index contributed by atoms with van der Waals surface area (Å²) in [6.07, 6.45) is 3.58. The number of aromatic nitrogens is 2. The number of fused-ring (bicyclic) bond motifs is 1. The third-order valence-corrected chi connectivity index (χ3v) is 5.09. The molecule has 0 radical (unpaired) electrons. The van der Waals surface area contributed by atoms with Crippen molar-refractivity contribution < 1.29 is 14.6 Å². The van der Waals surface area contributed by atoms with Gasteiger partial charge in [-0.3, -0.25) is 4.79 Å². The first-order valence-corrected chi connectivity index (χ1v) is 8.71. The van der Waals surface area contributed by atoms with E-state index in [1.807, 2.05) is 26.0 Å². The zero-order chi connectivity index (χ0) is 18.0. The van der Waals surface area contributed by atoms with E-state index < -0.39 is 5.60 Å². The van der Waals surface area contributed by atoms with Crippen LogP contribution in [0.5, 0.6) is 5.75 Å². The zero-order valence-corrected chi connectivity index (χ0v) is 15.0. The summed E-state index contributed by atoms with van der Waals surface area (Å²) >= 11 is 0. The summed E-state index contributed by atoms with van der Waals surface area (Å²) in [6, 6.07) is 7.37. The van der Waals surface area contributed by atoms with Gasteiger partial charge in [0.15, 0.2) is 5.69 Å². The van der Waals surface area contributed by atoms with Gasteiger partial charge in [-0.25, -0.2) is 0 Å². The fourth-order valence-corrected chi connectivity index (χ4v) is 3.46. The molecule has 1 fully saturated rings. The second-order valence-electron chi connectivity index (χ2n) is 7.33. The van der Waals surface area contributed by atoms with E-state index in [4.69, 9.17) is 4.74 Å². The number of nitrogens with one attached hydrogen (secondary N) is 1. The molecule has 3 rings (SSSR count). The van der Waals surface area contributed by atoms with Crippen molar-refractivity contribution in [2.75, 3.05) is 7.11 Å². The van der Waals surface area contributed by atoms with Crippen molar-refractivity contribution in [2.24, 2.45) is 5.92 Å². The topological polar surface area (TPSA) is 84.3 Å². The van der Waals surface area contributed by atoms with Crippen molar-refractivity contribution in [1.29, 1.82) is 0 Å². The van der Waals surface area contributed by atoms with Crippen LogP contribution in [0.4, 0.5) is 0 Å². The first kappa shape index (κ1) is 17.6. The summed E-state index contributed by atoms with van der Waals surface area (Å²) in [5.74, 6) is 0.801. The molecule has 1 aromatic heterocycles. The van der Waals surface area contributed by atoms with E-state index in [-0.39, 0.29) is 17.9 Å². The Morgan fingerprint density at radius 3 is 2.56 bits per heavy atom. The van der Waals surface area contributed by atoms with Gasteiger partial charge in [-0.2, -0.15) is 0 Å². The van der Waals surface area contributed by atoms with Gasteiger partial charge in [0.25, 0.3) is 5.91 Å². The first-order chi connectivity index (χ1) is 11.9. The fourth-order valence-electron chi connectivity index (χ4n) is 3.46. The molecule has 0 atom stereocenters. The lowest BCUT2D eigenvalue weighted by Crippen LogP contribution is -2.42. The van der Waals surface area contributed by atoms with Crippen molar-refractivity contribution in [3.05, 3.63) is 30.0 Å². The molecule has 6 heteroatoms. The predicted octanol–water partition coefficient (Wildman–Crippen LogP) is 2.70. The van der Waals surface area contributed by atoms with Crippen LogP contribution in [-0.4, -0.2) is 40.0 Å². The van der Waals surface area contributed by atoms with Gasteiger partial charge in [-0.15, -0.1) is 10.2 Å². The molecular formula is C19H25N3O3. The van der Waals surface area contributed by atoms with E-state index >= 15 is 0 Å². The Balaban J connectivity index is 1.65. The Labute approximate surface area is 147 Å². The molecule has 6 nitrogen and oxygen atoms in total. The SMILES string of the molecule is COc1ccc2cc(C(=O)NC3CCC(C(C)(C)O)CC3)nnc2c1.